The van der Waals surface area contributed by atoms with Gasteiger partial charge in [0.2, 0.25) is 5.43 Å². The Hall–Kier alpha value is -3.92. The molecule has 2 aliphatic heterocycles. The summed E-state index contributed by atoms with van der Waals surface area (Å²) in [6.07, 6.45) is 1.52. The van der Waals surface area contributed by atoms with E-state index in [1.165, 1.54) is 25.4 Å². The van der Waals surface area contributed by atoms with Gasteiger partial charge in [0.15, 0.2) is 11.6 Å². The zero-order chi connectivity index (χ0) is 25.6. The maximum absolute atomic E-state index is 15.5. The molecule has 1 atom stereocenters. The number of hydrogen-bond donors (Lipinski definition) is 2. The lowest BCUT2D eigenvalue weighted by Gasteiger charge is -2.37. The van der Waals surface area contributed by atoms with Gasteiger partial charge < -0.3 is 29.7 Å². The minimum absolute atomic E-state index is 0.0960. The number of hydrogen-bond acceptors (Lipinski definition) is 6. The maximum Gasteiger partial charge on any atom is 0.261 e. The van der Waals surface area contributed by atoms with Gasteiger partial charge in [0.1, 0.15) is 17.9 Å². The lowest BCUT2D eigenvalue weighted by Crippen LogP contribution is -2.45. The van der Waals surface area contributed by atoms with Gasteiger partial charge in [-0.15, -0.1) is 0 Å². The van der Waals surface area contributed by atoms with Crippen molar-refractivity contribution >= 4 is 34.1 Å². The molecular weight excluding hydrogens is 465 g/mol. The number of pyridine rings is 1. The van der Waals surface area contributed by atoms with Crippen molar-refractivity contribution in [3.63, 3.8) is 0 Å². The van der Waals surface area contributed by atoms with Gasteiger partial charge >= 0.3 is 0 Å². The summed E-state index contributed by atoms with van der Waals surface area (Å²) in [7, 11) is 3.54. The number of aromatic nitrogens is 1. The third-order valence-electron chi connectivity index (χ3n) is 6.82. The van der Waals surface area contributed by atoms with Crippen molar-refractivity contribution in [3.8, 4) is 5.75 Å². The van der Waals surface area contributed by atoms with E-state index in [2.05, 4.69) is 15.5 Å². The normalized spacial score (nSPS) is 17.6. The van der Waals surface area contributed by atoms with Crippen LogP contribution in [0, 0.1) is 5.82 Å². The summed E-state index contributed by atoms with van der Waals surface area (Å²) in [5.41, 5.74) is 0.900. The molecule has 0 saturated carbocycles. The lowest BCUT2D eigenvalue weighted by atomic mass is 10.0. The number of likely N-dealkylation sites (N-methyl/N-ethyl adjacent to an activating group) is 1. The molecule has 0 radical (unpaired) electrons. The van der Waals surface area contributed by atoms with Crippen molar-refractivity contribution in [2.24, 2.45) is 0 Å². The average Bonchev–Trinajstić information content (AvgIpc) is 2.87. The van der Waals surface area contributed by atoms with Crippen LogP contribution < -0.4 is 25.7 Å². The molecule has 188 valence electrons. The van der Waals surface area contributed by atoms with E-state index in [-0.39, 0.29) is 29.5 Å². The number of halogens is 1. The van der Waals surface area contributed by atoms with Crippen LogP contribution in [0.15, 0.2) is 41.3 Å². The second-order valence-corrected chi connectivity index (χ2v) is 9.28. The number of benzene rings is 2. The predicted octanol–water partition coefficient (Wildman–Crippen LogP) is 2.46. The molecule has 9 nitrogen and oxygen atoms in total. The van der Waals surface area contributed by atoms with Crippen LogP contribution in [0.25, 0.3) is 10.9 Å². The molecule has 0 bridgehead atoms. The molecule has 2 amide bonds. The van der Waals surface area contributed by atoms with E-state index in [0.29, 0.717) is 41.3 Å². The van der Waals surface area contributed by atoms with Gasteiger partial charge in [-0.25, -0.2) is 4.39 Å². The van der Waals surface area contributed by atoms with Crippen molar-refractivity contribution < 1.29 is 18.7 Å². The first-order chi connectivity index (χ1) is 17.3. The molecular formula is C26H28FN5O4. The SMILES string of the molecule is CNC(=O)c1cccc(NC(=O)c2cn3c4c(c(N5CCN(C)CC5)c(F)cc4c2=O)OC[C@@H]3C)c1. The highest BCUT2D eigenvalue weighted by molar-refractivity contribution is 6.07. The Bertz CT molecular complexity index is 1430. The third kappa shape index (κ3) is 4.07. The number of amides is 2. The fraction of sp³-hybridized carbons (Fsp3) is 0.346. The third-order valence-corrected chi connectivity index (χ3v) is 6.82. The van der Waals surface area contributed by atoms with Gasteiger partial charge in [-0.2, -0.15) is 0 Å². The fourth-order valence-corrected chi connectivity index (χ4v) is 4.78. The summed E-state index contributed by atoms with van der Waals surface area (Å²) in [4.78, 5) is 42.7. The summed E-state index contributed by atoms with van der Waals surface area (Å²) in [5.74, 6) is -1.14. The first-order valence-corrected chi connectivity index (χ1v) is 11.9. The van der Waals surface area contributed by atoms with Crippen LogP contribution in [0.4, 0.5) is 15.8 Å². The van der Waals surface area contributed by atoms with Crippen molar-refractivity contribution in [3.05, 3.63) is 63.7 Å². The molecule has 10 heteroatoms. The van der Waals surface area contributed by atoms with Gasteiger partial charge in [-0.3, -0.25) is 14.4 Å². The van der Waals surface area contributed by atoms with Gasteiger partial charge in [0, 0.05) is 50.7 Å². The number of ether oxygens (including phenoxy) is 1. The molecule has 0 aliphatic carbocycles. The monoisotopic (exact) mass is 493 g/mol. The molecule has 0 spiro atoms. The molecule has 1 fully saturated rings. The van der Waals surface area contributed by atoms with Crippen molar-refractivity contribution in [1.29, 1.82) is 0 Å². The molecule has 1 aromatic heterocycles. The highest BCUT2D eigenvalue weighted by Crippen LogP contribution is 2.42. The van der Waals surface area contributed by atoms with Crippen molar-refractivity contribution in [2.45, 2.75) is 13.0 Å². The largest absolute Gasteiger partial charge is 0.487 e. The molecule has 2 N–H and O–H groups in total. The zero-order valence-corrected chi connectivity index (χ0v) is 20.4. The fourth-order valence-electron chi connectivity index (χ4n) is 4.78. The molecule has 5 rings (SSSR count). The molecule has 1 saturated heterocycles. The summed E-state index contributed by atoms with van der Waals surface area (Å²) < 4.78 is 23.3. The topological polar surface area (TPSA) is 95.9 Å². The minimum Gasteiger partial charge on any atom is -0.487 e. The highest BCUT2D eigenvalue weighted by atomic mass is 19.1. The maximum atomic E-state index is 15.5. The zero-order valence-electron chi connectivity index (χ0n) is 20.4. The quantitative estimate of drug-likeness (QED) is 0.580. The predicted molar refractivity (Wildman–Crippen MR) is 136 cm³/mol. The van der Waals surface area contributed by atoms with E-state index in [4.69, 9.17) is 4.74 Å². The van der Waals surface area contributed by atoms with Gasteiger partial charge in [-0.05, 0) is 38.2 Å². The Balaban J connectivity index is 1.58. The number of piperazine rings is 1. The van der Waals surface area contributed by atoms with Crippen LogP contribution in [0.2, 0.25) is 0 Å². The first-order valence-electron chi connectivity index (χ1n) is 11.9. The van der Waals surface area contributed by atoms with Crippen LogP contribution in [0.3, 0.4) is 0 Å². The second-order valence-electron chi connectivity index (χ2n) is 9.28. The van der Waals surface area contributed by atoms with E-state index in [9.17, 15) is 14.4 Å². The summed E-state index contributed by atoms with van der Waals surface area (Å²) >= 11 is 0. The number of rotatable bonds is 4. The van der Waals surface area contributed by atoms with Crippen LogP contribution in [0.5, 0.6) is 5.75 Å². The van der Waals surface area contributed by atoms with Gasteiger partial charge in [0.05, 0.1) is 16.9 Å². The van der Waals surface area contributed by atoms with Crippen LogP contribution >= 0.6 is 0 Å². The first kappa shape index (κ1) is 23.8. The van der Waals surface area contributed by atoms with E-state index in [1.54, 1.807) is 18.2 Å². The Morgan fingerprint density at radius 3 is 2.58 bits per heavy atom. The van der Waals surface area contributed by atoms with Crippen LogP contribution in [-0.2, 0) is 0 Å². The molecule has 2 aromatic carbocycles. The summed E-state index contributed by atoms with van der Waals surface area (Å²) in [6.45, 7) is 5.07. The van der Waals surface area contributed by atoms with E-state index in [0.717, 1.165) is 13.1 Å². The smallest absolute Gasteiger partial charge is 0.261 e. The highest BCUT2D eigenvalue weighted by Gasteiger charge is 2.31. The second kappa shape index (κ2) is 9.27. The standard InChI is InChI=1S/C26H28FN5O4/c1-15-14-36-24-21-18(12-20(27)22(24)31-9-7-30(3)8-10-31)23(33)19(13-32(15)21)26(35)29-17-6-4-5-16(11-17)25(34)28-2/h4-6,11-13,15H,7-10,14H2,1-3H3,(H,28,34)(H,29,35)/t15-/m0/s1. The van der Waals surface area contributed by atoms with Gasteiger partial charge in [0.25, 0.3) is 11.8 Å². The molecule has 3 heterocycles. The molecule has 2 aliphatic rings. The number of anilines is 2. The lowest BCUT2D eigenvalue weighted by molar-refractivity contribution is 0.0961. The van der Waals surface area contributed by atoms with Crippen LogP contribution in [-0.4, -0.2) is 68.2 Å². The molecule has 36 heavy (non-hydrogen) atoms. The van der Waals surface area contributed by atoms with Crippen molar-refractivity contribution in [1.82, 2.24) is 14.8 Å². The average molecular weight is 494 g/mol. The Labute approximate surface area is 207 Å². The number of nitrogens with one attached hydrogen (secondary N) is 2. The summed E-state index contributed by atoms with van der Waals surface area (Å²) in [6, 6.07) is 7.45. The van der Waals surface area contributed by atoms with Crippen molar-refractivity contribution in [2.75, 3.05) is 57.1 Å². The van der Waals surface area contributed by atoms with E-state index >= 15 is 4.39 Å². The Morgan fingerprint density at radius 2 is 1.86 bits per heavy atom. The number of carbonyl (C=O) groups is 2. The van der Waals surface area contributed by atoms with E-state index < -0.39 is 17.2 Å². The molecule has 0 unspecified atom stereocenters. The number of nitrogens with zero attached hydrogens (tertiary/aromatic N) is 3. The Morgan fingerprint density at radius 1 is 1.11 bits per heavy atom. The summed E-state index contributed by atoms with van der Waals surface area (Å²) in [5, 5.41) is 5.32. The minimum atomic E-state index is -0.636. The van der Waals surface area contributed by atoms with Gasteiger partial charge in [-0.1, -0.05) is 6.07 Å². The van der Waals surface area contributed by atoms with E-state index in [1.807, 2.05) is 23.4 Å². The van der Waals surface area contributed by atoms with Crippen LogP contribution in [0.1, 0.15) is 33.7 Å². The number of carbonyl (C=O) groups excluding carboxylic acids is 2. The Kier molecular flexibility index (Phi) is 6.13. The molecule has 3 aromatic rings.